The van der Waals surface area contributed by atoms with Gasteiger partial charge in [0.25, 0.3) is 5.56 Å². The number of hydrogen-bond donors (Lipinski definition) is 2. The molecular weight excluding hydrogens is 555 g/mol. The van der Waals surface area contributed by atoms with Crippen LogP contribution in [0, 0.1) is 11.6 Å². The molecular formula is C24H24F2N5O6PS. The number of aromatic nitrogens is 4. The molecule has 0 radical (unpaired) electrons. The molecule has 1 unspecified atom stereocenters. The molecule has 0 bridgehead atoms. The molecule has 0 aliphatic carbocycles. The van der Waals surface area contributed by atoms with Gasteiger partial charge < -0.3 is 24.1 Å². The summed E-state index contributed by atoms with van der Waals surface area (Å²) in [6.07, 6.45) is 0.975. The highest BCUT2D eigenvalue weighted by Crippen LogP contribution is 2.49. The number of rotatable bonds is 13. The Morgan fingerprint density at radius 2 is 1.90 bits per heavy atom. The summed E-state index contributed by atoms with van der Waals surface area (Å²) in [5.41, 5.74) is 6.27. The van der Waals surface area contributed by atoms with Crippen LogP contribution < -0.4 is 11.3 Å². The van der Waals surface area contributed by atoms with Crippen LogP contribution in [0.5, 0.6) is 0 Å². The number of H-pyrrole nitrogens is 1. The quantitative estimate of drug-likeness (QED) is 0.176. The fourth-order valence-electron chi connectivity index (χ4n) is 3.37. The second-order valence-corrected chi connectivity index (χ2v) is 11.2. The molecule has 4 rings (SSSR count). The lowest BCUT2D eigenvalue weighted by atomic mass is 10.2. The number of hydrogen-bond acceptors (Lipinski definition) is 10. The molecule has 1 atom stereocenters. The molecule has 0 spiro atoms. The van der Waals surface area contributed by atoms with E-state index >= 15 is 0 Å². The van der Waals surface area contributed by atoms with E-state index in [1.807, 2.05) is 0 Å². The Labute approximate surface area is 225 Å². The highest BCUT2D eigenvalue weighted by atomic mass is 32.2. The number of nitrogen functional groups attached to an aromatic ring is 1. The van der Waals surface area contributed by atoms with Gasteiger partial charge in [-0.05, 0) is 42.0 Å². The smallest absolute Gasteiger partial charge is 0.356 e. The Morgan fingerprint density at radius 1 is 1.10 bits per heavy atom. The number of fused-ring (bicyclic) bond motifs is 1. The third-order valence-electron chi connectivity index (χ3n) is 5.22. The lowest BCUT2D eigenvalue weighted by Gasteiger charge is -2.19. The number of aromatic amines is 1. The van der Waals surface area contributed by atoms with Crippen molar-refractivity contribution in [1.82, 2.24) is 19.5 Å². The summed E-state index contributed by atoms with van der Waals surface area (Å²) < 4.78 is 58.2. The molecule has 2 heterocycles. The Balaban J connectivity index is 1.33. The van der Waals surface area contributed by atoms with Gasteiger partial charge in [-0.15, -0.1) is 0 Å². The van der Waals surface area contributed by atoms with Gasteiger partial charge in [0, 0.05) is 17.9 Å². The molecule has 3 N–H and O–H groups in total. The molecule has 0 amide bonds. The number of carbonyl (C=O) groups is 1. The van der Waals surface area contributed by atoms with Crippen LogP contribution in [-0.2, 0) is 31.5 Å². The molecule has 39 heavy (non-hydrogen) atoms. The number of anilines is 1. The average Bonchev–Trinajstić information content (AvgIpc) is 3.31. The predicted octanol–water partition coefficient (Wildman–Crippen LogP) is 3.95. The van der Waals surface area contributed by atoms with Crippen LogP contribution in [-0.4, -0.2) is 49.9 Å². The largest absolute Gasteiger partial charge is 0.369 e. The molecule has 0 aliphatic rings. The number of imidazole rings is 1. The standard InChI is InChI=1S/C24H24F2N5O6PS/c25-18-6-4-17(5-7-18)23(33)39-11-10-36-38(34,37-13-16-2-1-3-19(26)12-16)15-35-9-8-31-14-28-20-21(31)29-24(27)30-22(20)32/h1-7,12,14H,8-11,13,15H2,(H3,27,29,30,32). The monoisotopic (exact) mass is 579 g/mol. The van der Waals surface area contributed by atoms with Gasteiger partial charge in [-0.2, -0.15) is 4.98 Å². The zero-order valence-electron chi connectivity index (χ0n) is 20.4. The lowest BCUT2D eigenvalue weighted by Crippen LogP contribution is -2.13. The Kier molecular flexibility index (Phi) is 9.59. The van der Waals surface area contributed by atoms with Gasteiger partial charge in [0.1, 0.15) is 18.0 Å². The molecule has 2 aromatic heterocycles. The van der Waals surface area contributed by atoms with E-state index in [4.69, 9.17) is 19.5 Å². The van der Waals surface area contributed by atoms with E-state index in [1.165, 1.54) is 48.8 Å². The van der Waals surface area contributed by atoms with Crippen molar-refractivity contribution in [3.63, 3.8) is 0 Å². The minimum absolute atomic E-state index is 0.0360. The maximum atomic E-state index is 13.5. The van der Waals surface area contributed by atoms with E-state index in [1.54, 1.807) is 10.6 Å². The number of nitrogens with zero attached hydrogens (tertiary/aromatic N) is 3. The van der Waals surface area contributed by atoms with Gasteiger partial charge in [-0.1, -0.05) is 23.9 Å². The number of nitrogens with two attached hydrogens (primary N) is 1. The maximum Gasteiger partial charge on any atom is 0.356 e. The van der Waals surface area contributed by atoms with Crippen molar-refractivity contribution in [2.45, 2.75) is 13.2 Å². The van der Waals surface area contributed by atoms with E-state index in [9.17, 15) is 22.9 Å². The zero-order chi connectivity index (χ0) is 27.8. The highest BCUT2D eigenvalue weighted by molar-refractivity contribution is 8.14. The van der Waals surface area contributed by atoms with Crippen molar-refractivity contribution in [3.05, 3.63) is 88.0 Å². The Bertz CT molecular complexity index is 1550. The highest BCUT2D eigenvalue weighted by Gasteiger charge is 2.26. The van der Waals surface area contributed by atoms with Crippen molar-refractivity contribution in [2.24, 2.45) is 0 Å². The number of halogens is 2. The van der Waals surface area contributed by atoms with E-state index in [2.05, 4.69) is 15.0 Å². The molecule has 0 fully saturated rings. The predicted molar refractivity (Wildman–Crippen MR) is 141 cm³/mol. The fourth-order valence-corrected chi connectivity index (χ4v) is 5.44. The Morgan fingerprint density at radius 3 is 2.67 bits per heavy atom. The van der Waals surface area contributed by atoms with Crippen LogP contribution in [0.3, 0.4) is 0 Å². The van der Waals surface area contributed by atoms with Crippen LogP contribution in [0.15, 0.2) is 59.7 Å². The first-order chi connectivity index (χ1) is 18.7. The van der Waals surface area contributed by atoms with E-state index in [0.29, 0.717) is 11.1 Å². The van der Waals surface area contributed by atoms with Crippen LogP contribution in [0.25, 0.3) is 11.2 Å². The summed E-state index contributed by atoms with van der Waals surface area (Å²) in [6, 6.07) is 10.7. The first kappa shape index (κ1) is 28.6. The van der Waals surface area contributed by atoms with Crippen molar-refractivity contribution < 1.29 is 31.9 Å². The SMILES string of the molecule is Nc1nc2c(ncn2CCOCP(=O)(OCCSC(=O)c2ccc(F)cc2)OCc2cccc(F)c2)c(=O)[nH]1. The van der Waals surface area contributed by atoms with Gasteiger partial charge in [0.2, 0.25) is 11.1 Å². The van der Waals surface area contributed by atoms with Crippen LogP contribution in [0.2, 0.25) is 0 Å². The summed E-state index contributed by atoms with van der Waals surface area (Å²) in [4.78, 5) is 34.6. The second-order valence-electron chi connectivity index (χ2n) is 8.09. The molecule has 0 aliphatic heterocycles. The summed E-state index contributed by atoms with van der Waals surface area (Å²) in [5, 5.41) is -0.300. The summed E-state index contributed by atoms with van der Waals surface area (Å²) >= 11 is 0.914. The second kappa shape index (κ2) is 13.1. The van der Waals surface area contributed by atoms with Gasteiger partial charge in [0.05, 0.1) is 26.1 Å². The van der Waals surface area contributed by atoms with Crippen molar-refractivity contribution >= 4 is 41.6 Å². The lowest BCUT2D eigenvalue weighted by molar-refractivity contribution is 0.108. The van der Waals surface area contributed by atoms with E-state index in [-0.39, 0.29) is 54.3 Å². The minimum atomic E-state index is -3.84. The molecule has 11 nitrogen and oxygen atoms in total. The van der Waals surface area contributed by atoms with E-state index < -0.39 is 31.1 Å². The topological polar surface area (TPSA) is 151 Å². The molecule has 0 saturated heterocycles. The number of carbonyl (C=O) groups excluding carboxylic acids is 1. The van der Waals surface area contributed by atoms with Gasteiger partial charge in [-0.25, -0.2) is 13.8 Å². The van der Waals surface area contributed by atoms with Crippen LogP contribution in [0.4, 0.5) is 14.7 Å². The maximum absolute atomic E-state index is 13.5. The molecule has 15 heteroatoms. The van der Waals surface area contributed by atoms with E-state index in [0.717, 1.165) is 11.8 Å². The summed E-state index contributed by atoms with van der Waals surface area (Å²) in [5.74, 6) is -0.841. The molecule has 0 saturated carbocycles. The fraction of sp³-hybridized carbons (Fsp3) is 0.250. The van der Waals surface area contributed by atoms with Gasteiger partial charge in [-0.3, -0.25) is 19.1 Å². The number of ether oxygens (including phenoxy) is 1. The van der Waals surface area contributed by atoms with Crippen LogP contribution in [0.1, 0.15) is 15.9 Å². The minimum Gasteiger partial charge on any atom is -0.369 e. The van der Waals surface area contributed by atoms with Crippen molar-refractivity contribution in [2.75, 3.05) is 31.0 Å². The first-order valence-electron chi connectivity index (χ1n) is 11.6. The molecule has 2 aromatic carbocycles. The number of nitrogens with one attached hydrogen (secondary N) is 1. The van der Waals surface area contributed by atoms with Crippen LogP contribution >= 0.6 is 19.4 Å². The average molecular weight is 580 g/mol. The molecule has 206 valence electrons. The van der Waals surface area contributed by atoms with Crippen molar-refractivity contribution in [1.29, 1.82) is 0 Å². The van der Waals surface area contributed by atoms with Gasteiger partial charge in [0.15, 0.2) is 11.2 Å². The molecule has 4 aromatic rings. The van der Waals surface area contributed by atoms with Crippen molar-refractivity contribution in [3.8, 4) is 0 Å². The third kappa shape index (κ3) is 8.04. The number of benzene rings is 2. The zero-order valence-corrected chi connectivity index (χ0v) is 22.1. The first-order valence-corrected chi connectivity index (χ1v) is 14.3. The summed E-state index contributed by atoms with van der Waals surface area (Å²) in [6.45, 7) is -0.0651. The van der Waals surface area contributed by atoms with Gasteiger partial charge >= 0.3 is 7.60 Å². The number of thioether (sulfide) groups is 1. The summed E-state index contributed by atoms with van der Waals surface area (Å²) in [7, 11) is -3.84. The Hall–Kier alpha value is -3.42. The normalized spacial score (nSPS) is 13.0. The third-order valence-corrected chi connectivity index (χ3v) is 7.69.